The van der Waals surface area contributed by atoms with Crippen LogP contribution in [0.1, 0.15) is 38.5 Å². The third-order valence-corrected chi connectivity index (χ3v) is 4.70. The maximum Gasteiger partial charge on any atom is 0.0227 e. The van der Waals surface area contributed by atoms with Crippen molar-refractivity contribution < 1.29 is 0 Å². The molecule has 1 nitrogen and oxygen atoms in total. The van der Waals surface area contributed by atoms with Gasteiger partial charge < -0.3 is 4.90 Å². The summed E-state index contributed by atoms with van der Waals surface area (Å²) in [5, 5.41) is 0.831. The fraction of sp³-hybridized carbons (Fsp3) is 0.846. The van der Waals surface area contributed by atoms with Gasteiger partial charge in [0.2, 0.25) is 0 Å². The highest BCUT2D eigenvalue weighted by Gasteiger charge is 2.11. The quantitative estimate of drug-likeness (QED) is 0.521. The molecular formula is C13H23NS. The molecule has 2 aliphatic rings. The number of thioether (sulfide) groups is 1. The normalized spacial score (nSPS) is 27.3. The summed E-state index contributed by atoms with van der Waals surface area (Å²) in [5.41, 5.74) is 0. The zero-order valence-electron chi connectivity index (χ0n) is 9.66. The second-order valence-electron chi connectivity index (χ2n) is 4.67. The highest BCUT2D eigenvalue weighted by molar-refractivity contribution is 8.00. The van der Waals surface area contributed by atoms with Gasteiger partial charge in [-0.1, -0.05) is 12.2 Å². The minimum Gasteiger partial charge on any atom is -0.303 e. The van der Waals surface area contributed by atoms with Gasteiger partial charge in [0, 0.05) is 5.25 Å². The summed E-state index contributed by atoms with van der Waals surface area (Å²) in [5.74, 6) is 1.35. The van der Waals surface area contributed by atoms with Gasteiger partial charge in [-0.2, -0.15) is 11.8 Å². The van der Waals surface area contributed by atoms with E-state index in [1.54, 1.807) is 0 Å². The fourth-order valence-corrected chi connectivity index (χ4v) is 3.60. The maximum absolute atomic E-state index is 2.62. The molecule has 0 amide bonds. The van der Waals surface area contributed by atoms with Crippen LogP contribution in [0.5, 0.6) is 0 Å². The summed E-state index contributed by atoms with van der Waals surface area (Å²) < 4.78 is 0. The first kappa shape index (κ1) is 11.5. The van der Waals surface area contributed by atoms with Crippen LogP contribution in [0.15, 0.2) is 12.2 Å². The van der Waals surface area contributed by atoms with Gasteiger partial charge in [0.15, 0.2) is 0 Å². The van der Waals surface area contributed by atoms with Crippen LogP contribution in [0.2, 0.25) is 0 Å². The maximum atomic E-state index is 2.62. The lowest BCUT2D eigenvalue weighted by atomic mass is 10.1. The van der Waals surface area contributed by atoms with Crippen LogP contribution in [-0.4, -0.2) is 35.5 Å². The summed E-state index contributed by atoms with van der Waals surface area (Å²) in [6.45, 7) is 4.05. The van der Waals surface area contributed by atoms with Gasteiger partial charge in [-0.25, -0.2) is 0 Å². The van der Waals surface area contributed by atoms with Crippen molar-refractivity contribution in [3.63, 3.8) is 0 Å². The van der Waals surface area contributed by atoms with E-state index in [2.05, 4.69) is 28.8 Å². The van der Waals surface area contributed by atoms with Crippen LogP contribution < -0.4 is 0 Å². The van der Waals surface area contributed by atoms with E-state index in [0.29, 0.717) is 0 Å². The molecule has 0 aromatic carbocycles. The molecule has 0 saturated carbocycles. The fourth-order valence-electron chi connectivity index (χ4n) is 2.45. The van der Waals surface area contributed by atoms with Crippen molar-refractivity contribution in [2.45, 2.75) is 43.8 Å². The van der Waals surface area contributed by atoms with Crippen molar-refractivity contribution >= 4 is 11.8 Å². The topological polar surface area (TPSA) is 3.24 Å². The van der Waals surface area contributed by atoms with Crippen LogP contribution in [0.4, 0.5) is 0 Å². The standard InChI is InChI=1S/C13H23NS/c1-2-7-13(8-3-1)15-12-6-11-14-9-4-5-10-14/h2,7,13H,1,3-6,8-12H2. The molecule has 15 heavy (non-hydrogen) atoms. The van der Waals surface area contributed by atoms with E-state index < -0.39 is 0 Å². The largest absolute Gasteiger partial charge is 0.303 e. The van der Waals surface area contributed by atoms with E-state index in [1.165, 1.54) is 63.9 Å². The van der Waals surface area contributed by atoms with Crippen LogP contribution in [0, 0.1) is 0 Å². The number of hydrogen-bond acceptors (Lipinski definition) is 2. The number of allylic oxidation sites excluding steroid dienone is 1. The van der Waals surface area contributed by atoms with Crippen molar-refractivity contribution in [2.24, 2.45) is 0 Å². The summed E-state index contributed by atoms with van der Waals surface area (Å²) in [6, 6.07) is 0. The molecule has 0 aromatic heterocycles. The number of nitrogens with zero attached hydrogens (tertiary/aromatic N) is 1. The highest BCUT2D eigenvalue weighted by atomic mass is 32.2. The molecule has 1 fully saturated rings. The zero-order chi connectivity index (χ0) is 10.3. The van der Waals surface area contributed by atoms with E-state index >= 15 is 0 Å². The lowest BCUT2D eigenvalue weighted by Crippen LogP contribution is -2.21. The summed E-state index contributed by atoms with van der Waals surface area (Å²) in [6.07, 6.45) is 13.1. The molecule has 1 saturated heterocycles. The monoisotopic (exact) mass is 225 g/mol. The number of rotatable bonds is 5. The molecular weight excluding hydrogens is 202 g/mol. The molecule has 0 aromatic rings. The molecule has 1 aliphatic heterocycles. The van der Waals surface area contributed by atoms with E-state index in [-0.39, 0.29) is 0 Å². The molecule has 2 heteroatoms. The van der Waals surface area contributed by atoms with E-state index in [1.807, 2.05) is 0 Å². The predicted molar refractivity (Wildman–Crippen MR) is 69.5 cm³/mol. The molecule has 1 aliphatic carbocycles. The van der Waals surface area contributed by atoms with Crippen molar-refractivity contribution in [3.05, 3.63) is 12.2 Å². The smallest absolute Gasteiger partial charge is 0.0227 e. The van der Waals surface area contributed by atoms with E-state index in [0.717, 1.165) is 5.25 Å². The summed E-state index contributed by atoms with van der Waals surface area (Å²) in [4.78, 5) is 2.62. The third kappa shape index (κ3) is 4.20. The summed E-state index contributed by atoms with van der Waals surface area (Å²) in [7, 11) is 0. The minimum absolute atomic E-state index is 0.831. The molecule has 86 valence electrons. The highest BCUT2D eigenvalue weighted by Crippen LogP contribution is 2.23. The molecule has 2 rings (SSSR count). The molecule has 1 atom stereocenters. The Labute approximate surface area is 98.3 Å². The van der Waals surface area contributed by atoms with Crippen LogP contribution in [0.25, 0.3) is 0 Å². The Balaban J connectivity index is 1.50. The lowest BCUT2D eigenvalue weighted by Gasteiger charge is -2.17. The van der Waals surface area contributed by atoms with Gasteiger partial charge in [0.25, 0.3) is 0 Å². The van der Waals surface area contributed by atoms with E-state index in [4.69, 9.17) is 0 Å². The Morgan fingerprint density at radius 3 is 2.80 bits per heavy atom. The molecule has 0 bridgehead atoms. The van der Waals surface area contributed by atoms with Crippen LogP contribution in [0.3, 0.4) is 0 Å². The Bertz CT molecular complexity index is 197. The minimum atomic E-state index is 0.831. The van der Waals surface area contributed by atoms with E-state index in [9.17, 15) is 0 Å². The Hall–Kier alpha value is 0.0500. The van der Waals surface area contributed by atoms with Crippen molar-refractivity contribution in [3.8, 4) is 0 Å². The second-order valence-corrected chi connectivity index (χ2v) is 6.02. The van der Waals surface area contributed by atoms with Crippen LogP contribution in [-0.2, 0) is 0 Å². The number of hydrogen-bond donors (Lipinski definition) is 0. The second kappa shape index (κ2) is 6.59. The predicted octanol–water partition coefficient (Wildman–Crippen LogP) is 3.31. The molecule has 0 radical (unpaired) electrons. The van der Waals surface area contributed by atoms with Gasteiger partial charge in [-0.05, 0) is 63.9 Å². The first-order valence-corrected chi connectivity index (χ1v) is 7.50. The molecule has 0 N–H and O–H groups in total. The van der Waals surface area contributed by atoms with Gasteiger partial charge in [-0.3, -0.25) is 0 Å². The SMILES string of the molecule is C1=CC(SCCCN2CCCC2)CCC1. The average molecular weight is 225 g/mol. The van der Waals surface area contributed by atoms with Gasteiger partial charge in [0.1, 0.15) is 0 Å². The Morgan fingerprint density at radius 1 is 1.20 bits per heavy atom. The Kier molecular flexibility index (Phi) is 5.07. The van der Waals surface area contributed by atoms with Crippen molar-refractivity contribution in [1.29, 1.82) is 0 Å². The van der Waals surface area contributed by atoms with Gasteiger partial charge in [0.05, 0.1) is 0 Å². The van der Waals surface area contributed by atoms with Crippen LogP contribution >= 0.6 is 11.8 Å². The molecule has 0 spiro atoms. The molecule has 1 heterocycles. The summed E-state index contributed by atoms with van der Waals surface area (Å²) >= 11 is 2.17. The number of likely N-dealkylation sites (tertiary alicyclic amines) is 1. The zero-order valence-corrected chi connectivity index (χ0v) is 10.5. The average Bonchev–Trinajstić information content (AvgIpc) is 2.79. The van der Waals surface area contributed by atoms with Gasteiger partial charge >= 0.3 is 0 Å². The first-order chi connectivity index (χ1) is 7.45. The lowest BCUT2D eigenvalue weighted by molar-refractivity contribution is 0.341. The van der Waals surface area contributed by atoms with Gasteiger partial charge in [-0.15, -0.1) is 0 Å². The third-order valence-electron chi connectivity index (χ3n) is 3.36. The first-order valence-electron chi connectivity index (χ1n) is 6.46. The van der Waals surface area contributed by atoms with Crippen molar-refractivity contribution in [2.75, 3.05) is 25.4 Å². The Morgan fingerprint density at radius 2 is 2.07 bits per heavy atom. The molecule has 1 unspecified atom stereocenters. The van der Waals surface area contributed by atoms with Crippen molar-refractivity contribution in [1.82, 2.24) is 4.90 Å².